The molecule has 0 aliphatic carbocycles. The molecule has 0 amide bonds. The van der Waals surface area contributed by atoms with Crippen molar-refractivity contribution in [3.63, 3.8) is 0 Å². The Kier molecular flexibility index (Phi) is 3.29. The molecule has 0 spiro atoms. The summed E-state index contributed by atoms with van der Waals surface area (Å²) in [7, 11) is 0. The fourth-order valence-corrected chi connectivity index (χ4v) is 1.62. The zero-order valence-corrected chi connectivity index (χ0v) is 8.15. The molecule has 0 aliphatic rings. The van der Waals surface area contributed by atoms with E-state index in [-0.39, 0.29) is 6.54 Å². The van der Waals surface area contributed by atoms with Crippen LogP contribution in [0.1, 0.15) is 11.7 Å². The van der Waals surface area contributed by atoms with Crippen molar-refractivity contribution in [2.45, 2.75) is 6.10 Å². The monoisotopic (exact) mass is 263 g/mol. The van der Waals surface area contributed by atoms with Crippen LogP contribution in [0.25, 0.3) is 0 Å². The third-order valence-corrected chi connectivity index (χ3v) is 2.47. The van der Waals surface area contributed by atoms with Crippen molar-refractivity contribution in [3.05, 3.63) is 33.4 Å². The molecule has 3 heteroatoms. The van der Waals surface area contributed by atoms with Crippen LogP contribution in [-0.4, -0.2) is 11.7 Å². The highest BCUT2D eigenvalue weighted by molar-refractivity contribution is 14.1. The van der Waals surface area contributed by atoms with Crippen LogP contribution in [0, 0.1) is 3.57 Å². The Morgan fingerprint density at radius 2 is 2.09 bits per heavy atom. The molecule has 0 aliphatic heterocycles. The highest BCUT2D eigenvalue weighted by Crippen LogP contribution is 2.18. The molecule has 0 aromatic heterocycles. The van der Waals surface area contributed by atoms with Crippen molar-refractivity contribution < 1.29 is 5.11 Å². The molecule has 0 fully saturated rings. The Morgan fingerprint density at radius 3 is 2.64 bits per heavy atom. The molecule has 0 saturated heterocycles. The largest absolute Gasteiger partial charge is 0.387 e. The molecule has 1 rings (SSSR count). The van der Waals surface area contributed by atoms with Gasteiger partial charge in [-0.2, -0.15) is 0 Å². The summed E-state index contributed by atoms with van der Waals surface area (Å²) in [5.41, 5.74) is 6.23. The lowest BCUT2D eigenvalue weighted by molar-refractivity contribution is 0.186. The SMILES string of the molecule is NCC(O)c1ccccc1I. The molecule has 0 radical (unpaired) electrons. The Labute approximate surface area is 79.6 Å². The maximum absolute atomic E-state index is 9.38. The van der Waals surface area contributed by atoms with Crippen LogP contribution in [0.5, 0.6) is 0 Å². The van der Waals surface area contributed by atoms with Gasteiger partial charge in [0.1, 0.15) is 0 Å². The molecule has 1 aromatic carbocycles. The Morgan fingerprint density at radius 1 is 1.45 bits per heavy atom. The second kappa shape index (κ2) is 4.04. The number of aliphatic hydroxyl groups excluding tert-OH is 1. The van der Waals surface area contributed by atoms with E-state index in [9.17, 15) is 5.11 Å². The minimum absolute atomic E-state index is 0.278. The van der Waals surface area contributed by atoms with Crippen LogP contribution in [-0.2, 0) is 0 Å². The van der Waals surface area contributed by atoms with Crippen molar-refractivity contribution in [2.24, 2.45) is 5.73 Å². The molecule has 2 nitrogen and oxygen atoms in total. The fourth-order valence-electron chi connectivity index (χ4n) is 0.872. The maximum atomic E-state index is 9.38. The van der Waals surface area contributed by atoms with Gasteiger partial charge in [-0.3, -0.25) is 0 Å². The molecular formula is C8H10INO. The smallest absolute Gasteiger partial charge is 0.0922 e. The summed E-state index contributed by atoms with van der Waals surface area (Å²) in [5.74, 6) is 0. The van der Waals surface area contributed by atoms with Crippen LogP contribution in [0.2, 0.25) is 0 Å². The van der Waals surface area contributed by atoms with E-state index in [1.807, 2.05) is 24.3 Å². The highest BCUT2D eigenvalue weighted by Gasteiger charge is 2.06. The topological polar surface area (TPSA) is 46.2 Å². The average molecular weight is 263 g/mol. The summed E-state index contributed by atoms with van der Waals surface area (Å²) >= 11 is 2.18. The summed E-state index contributed by atoms with van der Waals surface area (Å²) in [4.78, 5) is 0. The molecule has 0 saturated carbocycles. The number of hydrogen-bond acceptors (Lipinski definition) is 2. The molecule has 3 N–H and O–H groups in total. The van der Waals surface area contributed by atoms with Crippen LogP contribution >= 0.6 is 22.6 Å². The molecule has 0 heterocycles. The molecule has 1 aromatic rings. The molecule has 60 valence electrons. The van der Waals surface area contributed by atoms with Gasteiger partial charge in [-0.1, -0.05) is 18.2 Å². The van der Waals surface area contributed by atoms with E-state index >= 15 is 0 Å². The van der Waals surface area contributed by atoms with E-state index in [0.717, 1.165) is 9.13 Å². The quantitative estimate of drug-likeness (QED) is 0.789. The van der Waals surface area contributed by atoms with Gasteiger partial charge in [0.25, 0.3) is 0 Å². The number of benzene rings is 1. The highest BCUT2D eigenvalue weighted by atomic mass is 127. The lowest BCUT2D eigenvalue weighted by atomic mass is 10.1. The van der Waals surface area contributed by atoms with Crippen molar-refractivity contribution in [2.75, 3.05) is 6.54 Å². The van der Waals surface area contributed by atoms with E-state index in [2.05, 4.69) is 22.6 Å². The lowest BCUT2D eigenvalue weighted by Crippen LogP contribution is -2.12. The Balaban J connectivity index is 2.93. The van der Waals surface area contributed by atoms with Gasteiger partial charge in [0, 0.05) is 10.1 Å². The van der Waals surface area contributed by atoms with Gasteiger partial charge >= 0.3 is 0 Å². The Hall–Kier alpha value is -0.130. The number of nitrogens with two attached hydrogens (primary N) is 1. The number of hydrogen-bond donors (Lipinski definition) is 2. The number of aliphatic hydroxyl groups is 1. The summed E-state index contributed by atoms with van der Waals surface area (Å²) in [6.45, 7) is 0.278. The lowest BCUT2D eigenvalue weighted by Gasteiger charge is -2.09. The van der Waals surface area contributed by atoms with E-state index < -0.39 is 6.10 Å². The van der Waals surface area contributed by atoms with E-state index in [1.165, 1.54) is 0 Å². The summed E-state index contributed by atoms with van der Waals surface area (Å²) in [5, 5.41) is 9.38. The van der Waals surface area contributed by atoms with Crippen LogP contribution < -0.4 is 5.73 Å². The summed E-state index contributed by atoms with van der Waals surface area (Å²) < 4.78 is 1.06. The molecular weight excluding hydrogens is 253 g/mol. The second-order valence-corrected chi connectivity index (χ2v) is 3.44. The molecule has 0 bridgehead atoms. The summed E-state index contributed by atoms with van der Waals surface area (Å²) in [6, 6.07) is 7.68. The van der Waals surface area contributed by atoms with Crippen LogP contribution in [0.4, 0.5) is 0 Å². The maximum Gasteiger partial charge on any atom is 0.0922 e. The first-order chi connectivity index (χ1) is 5.25. The predicted octanol–water partition coefficient (Wildman–Crippen LogP) is 1.28. The van der Waals surface area contributed by atoms with Crippen molar-refractivity contribution in [1.29, 1.82) is 0 Å². The zero-order chi connectivity index (χ0) is 8.27. The van der Waals surface area contributed by atoms with Gasteiger partial charge in [-0.25, -0.2) is 0 Å². The first-order valence-corrected chi connectivity index (χ1v) is 4.46. The molecule has 1 unspecified atom stereocenters. The van der Waals surface area contributed by atoms with Gasteiger partial charge in [0.15, 0.2) is 0 Å². The van der Waals surface area contributed by atoms with Gasteiger partial charge in [0.05, 0.1) is 6.10 Å². The zero-order valence-electron chi connectivity index (χ0n) is 6.00. The third kappa shape index (κ3) is 2.15. The molecule has 1 atom stereocenters. The second-order valence-electron chi connectivity index (χ2n) is 2.27. The fraction of sp³-hybridized carbons (Fsp3) is 0.250. The van der Waals surface area contributed by atoms with E-state index in [4.69, 9.17) is 5.73 Å². The van der Waals surface area contributed by atoms with Crippen molar-refractivity contribution >= 4 is 22.6 Å². The standard InChI is InChI=1S/C8H10INO/c9-7-4-2-1-3-6(7)8(11)5-10/h1-4,8,11H,5,10H2. The summed E-state index contributed by atoms with van der Waals surface area (Å²) in [6.07, 6.45) is -0.525. The van der Waals surface area contributed by atoms with Gasteiger partial charge in [-0.05, 0) is 34.2 Å². The van der Waals surface area contributed by atoms with E-state index in [0.29, 0.717) is 0 Å². The van der Waals surface area contributed by atoms with Gasteiger partial charge in [0.2, 0.25) is 0 Å². The van der Waals surface area contributed by atoms with Gasteiger partial charge < -0.3 is 10.8 Å². The van der Waals surface area contributed by atoms with Crippen LogP contribution in [0.15, 0.2) is 24.3 Å². The minimum atomic E-state index is -0.525. The number of halogens is 1. The van der Waals surface area contributed by atoms with E-state index in [1.54, 1.807) is 0 Å². The van der Waals surface area contributed by atoms with Crippen molar-refractivity contribution in [1.82, 2.24) is 0 Å². The predicted molar refractivity (Wildman–Crippen MR) is 53.2 cm³/mol. The minimum Gasteiger partial charge on any atom is -0.387 e. The van der Waals surface area contributed by atoms with Gasteiger partial charge in [-0.15, -0.1) is 0 Å². The Bertz CT molecular complexity index is 239. The normalized spacial score (nSPS) is 13.0. The average Bonchev–Trinajstić information content (AvgIpc) is 2.04. The first kappa shape index (κ1) is 8.96. The molecule has 11 heavy (non-hydrogen) atoms. The number of rotatable bonds is 2. The van der Waals surface area contributed by atoms with Crippen molar-refractivity contribution in [3.8, 4) is 0 Å². The first-order valence-electron chi connectivity index (χ1n) is 3.38. The van der Waals surface area contributed by atoms with Crippen LogP contribution in [0.3, 0.4) is 0 Å². The third-order valence-electron chi connectivity index (χ3n) is 1.49.